The molecule has 0 radical (unpaired) electrons. The van der Waals surface area contributed by atoms with Gasteiger partial charge in [0.15, 0.2) is 9.84 Å². The average molecular weight is 356 g/mol. The van der Waals surface area contributed by atoms with E-state index in [4.69, 9.17) is 0 Å². The van der Waals surface area contributed by atoms with Crippen molar-refractivity contribution >= 4 is 26.4 Å². The number of hydrogen-bond acceptors (Lipinski definition) is 4. The summed E-state index contributed by atoms with van der Waals surface area (Å²) in [6, 6.07) is 15.2. The molecule has 6 heteroatoms. The van der Waals surface area contributed by atoms with Crippen LogP contribution in [0.1, 0.15) is 6.42 Å². The van der Waals surface area contributed by atoms with Crippen molar-refractivity contribution in [2.24, 2.45) is 0 Å². The molecule has 0 saturated carbocycles. The summed E-state index contributed by atoms with van der Waals surface area (Å²) in [5.41, 5.74) is 3.67. The van der Waals surface area contributed by atoms with Crippen LogP contribution in [-0.4, -0.2) is 44.0 Å². The molecule has 1 aromatic heterocycles. The van der Waals surface area contributed by atoms with Gasteiger partial charge in [0, 0.05) is 47.2 Å². The van der Waals surface area contributed by atoms with Gasteiger partial charge in [0.2, 0.25) is 0 Å². The molecular formula is C19H20N2O3S. The van der Waals surface area contributed by atoms with E-state index < -0.39 is 9.84 Å². The highest BCUT2D eigenvalue weighted by Gasteiger charge is 2.24. The molecule has 0 spiro atoms. The molecule has 2 aromatic carbocycles. The highest BCUT2D eigenvalue weighted by atomic mass is 32.2. The first kappa shape index (κ1) is 16.2. The number of para-hydroxylation sites is 1. The Kier molecular flexibility index (Phi) is 3.81. The standard InChI is InChI=1S/C19H20N2O3S/c1-25(23,24)15-6-7-19(21-9-8-14(22)12-21)16(11-15)18-10-13-4-2-3-5-17(13)20-18/h2-7,10-11,14,20,22H,8-9,12H2,1H3/t14-/m0/s1. The molecule has 0 amide bonds. The van der Waals surface area contributed by atoms with Crippen LogP contribution in [0.25, 0.3) is 22.2 Å². The predicted molar refractivity (Wildman–Crippen MR) is 99.7 cm³/mol. The molecule has 1 aliphatic heterocycles. The van der Waals surface area contributed by atoms with E-state index in [0.29, 0.717) is 11.4 Å². The Morgan fingerprint density at radius 3 is 2.64 bits per heavy atom. The largest absolute Gasteiger partial charge is 0.391 e. The van der Waals surface area contributed by atoms with Crippen molar-refractivity contribution in [3.8, 4) is 11.3 Å². The zero-order chi connectivity index (χ0) is 17.6. The number of nitrogens with zero attached hydrogens (tertiary/aromatic N) is 1. The van der Waals surface area contributed by atoms with Gasteiger partial charge in [0.05, 0.1) is 11.0 Å². The number of aromatic nitrogens is 1. The van der Waals surface area contributed by atoms with Crippen molar-refractivity contribution in [1.82, 2.24) is 4.98 Å². The van der Waals surface area contributed by atoms with Gasteiger partial charge in [-0.15, -0.1) is 0 Å². The molecule has 130 valence electrons. The van der Waals surface area contributed by atoms with Crippen molar-refractivity contribution in [2.45, 2.75) is 17.4 Å². The normalized spacial score (nSPS) is 18.2. The summed E-state index contributed by atoms with van der Waals surface area (Å²) in [4.78, 5) is 5.79. The zero-order valence-corrected chi connectivity index (χ0v) is 14.8. The summed E-state index contributed by atoms with van der Waals surface area (Å²) in [5.74, 6) is 0. The van der Waals surface area contributed by atoms with E-state index in [0.717, 1.165) is 40.8 Å². The summed E-state index contributed by atoms with van der Waals surface area (Å²) in [6.07, 6.45) is 1.60. The lowest BCUT2D eigenvalue weighted by molar-refractivity contribution is 0.198. The van der Waals surface area contributed by atoms with Crippen molar-refractivity contribution in [2.75, 3.05) is 24.2 Å². The molecule has 0 aliphatic carbocycles. The third-order valence-corrected chi connectivity index (χ3v) is 5.83. The van der Waals surface area contributed by atoms with Crippen LogP contribution < -0.4 is 4.90 Å². The molecular weight excluding hydrogens is 336 g/mol. The Morgan fingerprint density at radius 1 is 1.16 bits per heavy atom. The van der Waals surface area contributed by atoms with Crippen LogP contribution in [0.5, 0.6) is 0 Å². The second-order valence-corrected chi connectivity index (χ2v) is 8.63. The van der Waals surface area contributed by atoms with Gasteiger partial charge in [-0.2, -0.15) is 0 Å². The van der Waals surface area contributed by atoms with Crippen LogP contribution in [0.4, 0.5) is 5.69 Å². The number of aromatic amines is 1. The fourth-order valence-corrected chi connectivity index (χ4v) is 4.06. The Bertz CT molecular complexity index is 1010. The maximum absolute atomic E-state index is 12.0. The van der Waals surface area contributed by atoms with Gasteiger partial charge in [0.25, 0.3) is 0 Å². The van der Waals surface area contributed by atoms with Crippen LogP contribution in [-0.2, 0) is 9.84 Å². The summed E-state index contributed by atoms with van der Waals surface area (Å²) >= 11 is 0. The SMILES string of the molecule is CS(=O)(=O)c1ccc(N2CC[C@H](O)C2)c(-c2cc3ccccc3[nH]2)c1. The number of nitrogens with one attached hydrogen (secondary N) is 1. The van der Waals surface area contributed by atoms with Crippen LogP contribution in [0.3, 0.4) is 0 Å². The third-order valence-electron chi connectivity index (χ3n) is 4.72. The van der Waals surface area contributed by atoms with Crippen LogP contribution in [0.2, 0.25) is 0 Å². The second-order valence-electron chi connectivity index (χ2n) is 6.61. The maximum atomic E-state index is 12.0. The monoisotopic (exact) mass is 356 g/mol. The number of anilines is 1. The van der Waals surface area contributed by atoms with Gasteiger partial charge in [0.1, 0.15) is 0 Å². The topological polar surface area (TPSA) is 73.4 Å². The lowest BCUT2D eigenvalue weighted by atomic mass is 10.1. The number of β-amino-alcohol motifs (C(OH)–C–C–N with tert-alkyl or cyclic N) is 1. The average Bonchev–Trinajstić information content (AvgIpc) is 3.19. The minimum atomic E-state index is -3.30. The first-order valence-electron chi connectivity index (χ1n) is 8.27. The Morgan fingerprint density at radius 2 is 1.96 bits per heavy atom. The van der Waals surface area contributed by atoms with E-state index in [2.05, 4.69) is 9.88 Å². The minimum absolute atomic E-state index is 0.296. The molecule has 2 heterocycles. The minimum Gasteiger partial charge on any atom is -0.391 e. The zero-order valence-electron chi connectivity index (χ0n) is 13.9. The van der Waals surface area contributed by atoms with E-state index >= 15 is 0 Å². The highest BCUT2D eigenvalue weighted by molar-refractivity contribution is 7.90. The lowest BCUT2D eigenvalue weighted by Crippen LogP contribution is -2.22. The molecule has 5 nitrogen and oxygen atoms in total. The van der Waals surface area contributed by atoms with E-state index in [1.807, 2.05) is 36.4 Å². The van der Waals surface area contributed by atoms with Gasteiger partial charge < -0.3 is 15.0 Å². The summed E-state index contributed by atoms with van der Waals surface area (Å²) in [7, 11) is -3.30. The van der Waals surface area contributed by atoms with Crippen molar-refractivity contribution < 1.29 is 13.5 Å². The molecule has 3 aromatic rings. The number of aliphatic hydroxyl groups excluding tert-OH is 1. The van der Waals surface area contributed by atoms with Gasteiger partial charge in [-0.25, -0.2) is 8.42 Å². The number of benzene rings is 2. The van der Waals surface area contributed by atoms with Crippen molar-refractivity contribution in [1.29, 1.82) is 0 Å². The molecule has 25 heavy (non-hydrogen) atoms. The van der Waals surface area contributed by atoms with Crippen molar-refractivity contribution in [3.63, 3.8) is 0 Å². The number of H-pyrrole nitrogens is 1. The smallest absolute Gasteiger partial charge is 0.175 e. The quantitative estimate of drug-likeness (QED) is 0.757. The van der Waals surface area contributed by atoms with E-state index in [9.17, 15) is 13.5 Å². The first-order chi connectivity index (χ1) is 11.9. The van der Waals surface area contributed by atoms with Crippen LogP contribution in [0, 0.1) is 0 Å². The van der Waals surface area contributed by atoms with Gasteiger partial charge in [-0.1, -0.05) is 18.2 Å². The van der Waals surface area contributed by atoms with Gasteiger partial charge in [-0.3, -0.25) is 0 Å². The number of sulfone groups is 1. The molecule has 1 aliphatic rings. The molecule has 0 unspecified atom stereocenters. The summed E-state index contributed by atoms with van der Waals surface area (Å²) < 4.78 is 24.0. The number of fused-ring (bicyclic) bond motifs is 1. The Balaban J connectivity index is 1.90. The van der Waals surface area contributed by atoms with Crippen LogP contribution in [0.15, 0.2) is 53.4 Å². The van der Waals surface area contributed by atoms with E-state index in [1.54, 1.807) is 12.1 Å². The van der Waals surface area contributed by atoms with Crippen LogP contribution >= 0.6 is 0 Å². The van der Waals surface area contributed by atoms with E-state index in [1.165, 1.54) is 6.26 Å². The predicted octanol–water partition coefficient (Wildman–Crippen LogP) is 2.81. The summed E-state index contributed by atoms with van der Waals surface area (Å²) in [6.45, 7) is 1.32. The molecule has 1 atom stereocenters. The molecule has 2 N–H and O–H groups in total. The Hall–Kier alpha value is -2.31. The number of aliphatic hydroxyl groups is 1. The molecule has 1 fully saturated rings. The second kappa shape index (κ2) is 5.89. The lowest BCUT2D eigenvalue weighted by Gasteiger charge is -2.22. The number of rotatable bonds is 3. The van der Waals surface area contributed by atoms with Gasteiger partial charge in [-0.05, 0) is 36.8 Å². The Labute approximate surface area is 146 Å². The fourth-order valence-electron chi connectivity index (χ4n) is 3.42. The molecule has 1 saturated heterocycles. The summed E-state index contributed by atoms with van der Waals surface area (Å²) in [5, 5.41) is 11.0. The molecule has 4 rings (SSSR count). The highest BCUT2D eigenvalue weighted by Crippen LogP contribution is 2.36. The maximum Gasteiger partial charge on any atom is 0.175 e. The first-order valence-corrected chi connectivity index (χ1v) is 10.2. The number of hydrogen-bond donors (Lipinski definition) is 2. The molecule has 0 bridgehead atoms. The van der Waals surface area contributed by atoms with Gasteiger partial charge >= 0.3 is 0 Å². The van der Waals surface area contributed by atoms with E-state index in [-0.39, 0.29) is 6.10 Å². The fraction of sp³-hybridized carbons (Fsp3) is 0.263. The van der Waals surface area contributed by atoms with Crippen molar-refractivity contribution in [3.05, 3.63) is 48.5 Å². The third kappa shape index (κ3) is 3.03.